The highest BCUT2D eigenvalue weighted by Crippen LogP contribution is 2.63. The lowest BCUT2D eigenvalue weighted by Crippen LogP contribution is -2.73. The van der Waals surface area contributed by atoms with Gasteiger partial charge in [0.15, 0.2) is 17.6 Å². The van der Waals surface area contributed by atoms with Crippen molar-refractivity contribution in [2.24, 2.45) is 5.92 Å². The van der Waals surface area contributed by atoms with Crippen molar-refractivity contribution in [2.45, 2.75) is 69.1 Å². The van der Waals surface area contributed by atoms with Crippen LogP contribution in [0.15, 0.2) is 47.7 Å². The van der Waals surface area contributed by atoms with E-state index in [4.69, 9.17) is 9.84 Å². The molecule has 4 atom stereocenters. The molecule has 2 heterocycles. The predicted octanol–water partition coefficient (Wildman–Crippen LogP) is 3.28. The summed E-state index contributed by atoms with van der Waals surface area (Å²) < 4.78 is 6.27. The number of fused-ring (bicyclic) bond motifs is 1. The number of benzene rings is 2. The van der Waals surface area contributed by atoms with E-state index in [-0.39, 0.29) is 35.3 Å². The summed E-state index contributed by atoms with van der Waals surface area (Å²) in [6.07, 6.45) is 2.35. The summed E-state index contributed by atoms with van der Waals surface area (Å²) in [4.78, 5) is 26.5. The van der Waals surface area contributed by atoms with Gasteiger partial charge < -0.3 is 30.5 Å². The zero-order valence-electron chi connectivity index (χ0n) is 22.1. The number of amides is 1. The fourth-order valence-corrected chi connectivity index (χ4v) is 6.99. The van der Waals surface area contributed by atoms with Gasteiger partial charge in [-0.3, -0.25) is 14.5 Å². The van der Waals surface area contributed by atoms with Gasteiger partial charge in [-0.25, -0.2) is 0 Å². The van der Waals surface area contributed by atoms with Crippen molar-refractivity contribution >= 4 is 17.6 Å². The molecule has 0 radical (unpaired) electrons. The number of aliphatic hydroxyl groups is 2. The van der Waals surface area contributed by atoms with Crippen LogP contribution in [-0.4, -0.2) is 68.0 Å². The zero-order valence-corrected chi connectivity index (χ0v) is 22.1. The van der Waals surface area contributed by atoms with Gasteiger partial charge in [-0.2, -0.15) is 0 Å². The minimum absolute atomic E-state index is 0.0381. The number of aromatic hydroxyl groups is 1. The van der Waals surface area contributed by atoms with Gasteiger partial charge in [0.05, 0.1) is 23.0 Å². The second kappa shape index (κ2) is 8.99. The Morgan fingerprint density at radius 1 is 1.13 bits per heavy atom. The first kappa shape index (κ1) is 25.7. The molecule has 1 spiro atoms. The lowest BCUT2D eigenvalue weighted by atomic mass is 9.53. The van der Waals surface area contributed by atoms with Gasteiger partial charge in [0.2, 0.25) is 0 Å². The van der Waals surface area contributed by atoms with Crippen LogP contribution in [0.1, 0.15) is 49.8 Å². The van der Waals surface area contributed by atoms with Crippen LogP contribution in [-0.2, 0) is 27.8 Å². The maximum absolute atomic E-state index is 13.2. The molecule has 1 saturated carbocycles. The Labute approximate surface area is 226 Å². The van der Waals surface area contributed by atoms with Gasteiger partial charge in [0.25, 0.3) is 5.91 Å². The van der Waals surface area contributed by atoms with Crippen LogP contribution < -0.4 is 10.1 Å². The molecule has 2 aliphatic heterocycles. The molecule has 4 aliphatic rings. The molecule has 0 unspecified atom stereocenters. The number of aliphatic carboxylic acids is 1. The summed E-state index contributed by atoms with van der Waals surface area (Å²) in [5.41, 5.74) is 0.478. The van der Waals surface area contributed by atoms with Crippen molar-refractivity contribution in [3.63, 3.8) is 0 Å². The normalized spacial score (nSPS) is 29.7. The molecule has 1 saturated heterocycles. The largest absolute Gasteiger partial charge is 0.508 e. The molecular weight excluding hydrogens is 500 g/mol. The van der Waals surface area contributed by atoms with Gasteiger partial charge in [-0.15, -0.1) is 0 Å². The van der Waals surface area contributed by atoms with Gasteiger partial charge in [-0.1, -0.05) is 18.2 Å². The fraction of sp³-hybridized carbons (Fsp3) is 0.467. The third-order valence-corrected chi connectivity index (χ3v) is 9.28. The Bertz CT molecular complexity index is 1380. The van der Waals surface area contributed by atoms with E-state index in [9.17, 15) is 24.9 Å². The number of hydrogen-bond donors (Lipinski definition) is 5. The van der Waals surface area contributed by atoms with Crippen LogP contribution in [0.5, 0.6) is 11.5 Å². The van der Waals surface area contributed by atoms with Crippen molar-refractivity contribution in [3.8, 4) is 11.5 Å². The number of nitrogens with one attached hydrogen (secondary N) is 1. The van der Waals surface area contributed by atoms with Crippen LogP contribution in [0.25, 0.3) is 0 Å². The molecular formula is C30H34N2O7. The van der Waals surface area contributed by atoms with Gasteiger partial charge in [0.1, 0.15) is 5.76 Å². The van der Waals surface area contributed by atoms with Gasteiger partial charge >= 0.3 is 5.97 Å². The van der Waals surface area contributed by atoms with Crippen LogP contribution >= 0.6 is 0 Å². The number of nitrogens with zero attached hydrogens (tertiary/aromatic N) is 1. The molecule has 5 N–H and O–H groups in total. The number of phenols is 1. The van der Waals surface area contributed by atoms with E-state index in [1.807, 2.05) is 6.07 Å². The second-order valence-electron chi connectivity index (χ2n) is 11.7. The number of piperidine rings is 1. The first-order chi connectivity index (χ1) is 18.5. The Morgan fingerprint density at radius 3 is 2.51 bits per heavy atom. The summed E-state index contributed by atoms with van der Waals surface area (Å²) in [6, 6.07) is 9.75. The Morgan fingerprint density at radius 2 is 1.85 bits per heavy atom. The Kier molecular flexibility index (Phi) is 5.93. The SMILES string of the molecule is C/C(C(=O)Nc1ccc(CC(=O)O)cc1)=C(/O)[C@@H]1Oc2c(O)ccc3c2[C@@]12CCN(CC1CC1)[C@H](C3)[C@@]2(C)O. The number of phenolic OH excluding ortho intramolecular Hbond substituents is 1. The molecule has 0 aromatic heterocycles. The van der Waals surface area contributed by atoms with Gasteiger partial charge in [0, 0.05) is 23.8 Å². The highest BCUT2D eigenvalue weighted by atomic mass is 16.5. The lowest BCUT2D eigenvalue weighted by Gasteiger charge is -2.59. The molecule has 2 bridgehead atoms. The molecule has 2 aromatic rings. The third kappa shape index (κ3) is 3.98. The van der Waals surface area contributed by atoms with Crippen LogP contribution in [0, 0.1) is 5.92 Å². The van der Waals surface area contributed by atoms with Crippen molar-refractivity contribution in [3.05, 3.63) is 64.4 Å². The minimum atomic E-state index is -1.29. The number of anilines is 1. The molecule has 206 valence electrons. The molecule has 39 heavy (non-hydrogen) atoms. The number of carboxylic acid groups (broad SMARTS) is 1. The molecule has 9 nitrogen and oxygen atoms in total. The van der Waals surface area contributed by atoms with Crippen molar-refractivity contribution < 1.29 is 34.8 Å². The smallest absolute Gasteiger partial charge is 0.307 e. The average Bonchev–Trinajstić information content (AvgIpc) is 3.63. The van der Waals surface area contributed by atoms with E-state index in [0.29, 0.717) is 36.6 Å². The summed E-state index contributed by atoms with van der Waals surface area (Å²) in [6.45, 7) is 4.95. The Hall–Kier alpha value is -3.56. The van der Waals surface area contributed by atoms with Crippen molar-refractivity contribution in [1.29, 1.82) is 0 Å². The molecule has 1 amide bonds. The molecule has 2 fully saturated rings. The highest BCUT2D eigenvalue weighted by Gasteiger charge is 2.69. The topological polar surface area (TPSA) is 140 Å². The zero-order chi connectivity index (χ0) is 27.7. The number of hydrogen-bond acceptors (Lipinski definition) is 7. The first-order valence-corrected chi connectivity index (χ1v) is 13.5. The monoisotopic (exact) mass is 534 g/mol. The number of ether oxygens (including phenoxy) is 1. The quantitative estimate of drug-likeness (QED) is 0.269. The number of carbonyl (C=O) groups is 2. The van der Waals surface area contributed by atoms with E-state index in [1.165, 1.54) is 19.8 Å². The first-order valence-electron chi connectivity index (χ1n) is 13.5. The number of carbonyl (C=O) groups excluding carboxylic acids is 1. The summed E-state index contributed by atoms with van der Waals surface area (Å²) in [5, 5.41) is 46.3. The van der Waals surface area contributed by atoms with Crippen LogP contribution in [0.4, 0.5) is 5.69 Å². The van der Waals surface area contributed by atoms with Crippen LogP contribution in [0.3, 0.4) is 0 Å². The highest BCUT2D eigenvalue weighted by molar-refractivity contribution is 6.03. The maximum Gasteiger partial charge on any atom is 0.307 e. The molecule has 2 aliphatic carbocycles. The van der Waals surface area contributed by atoms with Gasteiger partial charge in [-0.05, 0) is 81.3 Å². The summed E-state index contributed by atoms with van der Waals surface area (Å²) in [5.74, 6) is -0.909. The molecule has 9 heteroatoms. The lowest BCUT2D eigenvalue weighted by molar-refractivity contribution is -0.153. The standard InChI is InChI=1S/C30H34N2O7/c1-16(28(37)31-20-8-5-17(6-9-20)13-23(34)35)25(36)27-30-11-12-32(15-18-3-4-18)22(29(30,2)38)14-19-7-10-21(33)26(39-27)24(19)30/h5-10,18,22,27,33,36,38H,3-4,11-15H2,1-2H3,(H,31,37)(H,34,35)/b25-16-/t22-,27+,29-,30+/m1/s1. The van der Waals surface area contributed by atoms with E-state index in [0.717, 1.165) is 17.7 Å². The number of likely N-dealkylation sites (tertiary alicyclic amines) is 1. The summed E-state index contributed by atoms with van der Waals surface area (Å²) >= 11 is 0. The minimum Gasteiger partial charge on any atom is -0.508 e. The molecule has 2 aromatic carbocycles. The number of aliphatic hydroxyl groups excluding tert-OH is 1. The van der Waals surface area contributed by atoms with Crippen molar-refractivity contribution in [1.82, 2.24) is 4.90 Å². The average molecular weight is 535 g/mol. The van der Waals surface area contributed by atoms with E-state index in [1.54, 1.807) is 37.3 Å². The molecule has 6 rings (SSSR count). The Balaban J connectivity index is 1.34. The fourth-order valence-electron chi connectivity index (χ4n) is 6.99. The third-order valence-electron chi connectivity index (χ3n) is 9.28. The van der Waals surface area contributed by atoms with E-state index < -0.39 is 29.0 Å². The van der Waals surface area contributed by atoms with E-state index >= 15 is 0 Å². The number of carboxylic acids is 1. The summed E-state index contributed by atoms with van der Waals surface area (Å²) in [7, 11) is 0. The maximum atomic E-state index is 13.2. The number of rotatable bonds is 7. The van der Waals surface area contributed by atoms with Crippen molar-refractivity contribution in [2.75, 3.05) is 18.4 Å². The predicted molar refractivity (Wildman–Crippen MR) is 143 cm³/mol. The van der Waals surface area contributed by atoms with Crippen LogP contribution in [0.2, 0.25) is 0 Å². The second-order valence-corrected chi connectivity index (χ2v) is 11.7. The van der Waals surface area contributed by atoms with E-state index in [2.05, 4.69) is 10.2 Å².